The zero-order valence-electron chi connectivity index (χ0n) is 10.5. The molecule has 2 aromatic rings. The van der Waals surface area contributed by atoms with E-state index >= 15 is 0 Å². The number of nitrogen functional groups attached to an aromatic ring is 1. The van der Waals surface area contributed by atoms with Crippen LogP contribution in [0.5, 0.6) is 0 Å². The Balaban J connectivity index is 2.28. The number of para-hydroxylation sites is 1. The van der Waals surface area contributed by atoms with E-state index in [0.29, 0.717) is 5.69 Å². The number of rotatable bonds is 5. The number of carboxylic acids is 1. The van der Waals surface area contributed by atoms with E-state index in [1.54, 1.807) is 29.7 Å². The molecule has 0 saturated heterocycles. The molecular weight excluding hydrogens is 262 g/mol. The van der Waals surface area contributed by atoms with Gasteiger partial charge in [-0.05, 0) is 18.6 Å². The van der Waals surface area contributed by atoms with E-state index < -0.39 is 5.97 Å². The lowest BCUT2D eigenvalue weighted by Gasteiger charge is -2.18. The highest BCUT2D eigenvalue weighted by Gasteiger charge is 2.16. The number of aromatic nitrogens is 1. The van der Waals surface area contributed by atoms with Crippen molar-refractivity contribution in [2.24, 2.45) is 0 Å². The number of carbonyl (C=O) groups is 1. The fraction of sp³-hybridized carbons (Fsp3) is 0.231. The number of carboxylic acid groups (broad SMARTS) is 1. The molecule has 100 valence electrons. The molecule has 4 N–H and O–H groups in total. The van der Waals surface area contributed by atoms with E-state index in [2.05, 4.69) is 10.3 Å². The van der Waals surface area contributed by atoms with Gasteiger partial charge in [-0.2, -0.15) is 0 Å². The number of nitrogens with zero attached hydrogens (tertiary/aromatic N) is 1. The van der Waals surface area contributed by atoms with Crippen molar-refractivity contribution < 1.29 is 9.90 Å². The summed E-state index contributed by atoms with van der Waals surface area (Å²) in [5.41, 5.74) is 6.87. The number of anilines is 2. The van der Waals surface area contributed by atoms with Crippen molar-refractivity contribution in [2.45, 2.75) is 19.4 Å². The quantitative estimate of drug-likeness (QED) is 0.731. The van der Waals surface area contributed by atoms with Gasteiger partial charge in [0.2, 0.25) is 0 Å². The second kappa shape index (κ2) is 5.71. The van der Waals surface area contributed by atoms with Crippen LogP contribution >= 0.6 is 11.3 Å². The molecule has 19 heavy (non-hydrogen) atoms. The van der Waals surface area contributed by atoms with E-state index in [1.807, 2.05) is 12.3 Å². The summed E-state index contributed by atoms with van der Waals surface area (Å²) < 4.78 is 0. The molecule has 0 bridgehead atoms. The number of nitrogens with one attached hydrogen (secondary N) is 1. The summed E-state index contributed by atoms with van der Waals surface area (Å²) >= 11 is 1.56. The maximum atomic E-state index is 11.0. The highest BCUT2D eigenvalue weighted by atomic mass is 32.1. The summed E-state index contributed by atoms with van der Waals surface area (Å²) in [4.78, 5) is 15.3. The van der Waals surface area contributed by atoms with Gasteiger partial charge in [-0.15, -0.1) is 11.3 Å². The topological polar surface area (TPSA) is 88.2 Å². The van der Waals surface area contributed by atoms with E-state index in [1.165, 1.54) is 6.07 Å². The Hall–Kier alpha value is -2.08. The van der Waals surface area contributed by atoms with E-state index in [4.69, 9.17) is 10.8 Å². The Morgan fingerprint density at radius 3 is 2.95 bits per heavy atom. The molecule has 1 atom stereocenters. The van der Waals surface area contributed by atoms with Crippen LogP contribution in [-0.4, -0.2) is 16.1 Å². The summed E-state index contributed by atoms with van der Waals surface area (Å²) in [6.45, 7) is 2.04. The predicted octanol–water partition coefficient (Wildman–Crippen LogP) is 2.99. The first-order valence-electron chi connectivity index (χ1n) is 5.91. The van der Waals surface area contributed by atoms with E-state index in [9.17, 15) is 4.79 Å². The maximum Gasteiger partial charge on any atom is 0.337 e. The molecule has 1 unspecified atom stereocenters. The van der Waals surface area contributed by atoms with Gasteiger partial charge >= 0.3 is 5.97 Å². The molecule has 0 spiro atoms. The minimum Gasteiger partial charge on any atom is -0.478 e. The third-order valence-corrected chi connectivity index (χ3v) is 3.71. The predicted molar refractivity (Wildman–Crippen MR) is 76.6 cm³/mol. The highest BCUT2D eigenvalue weighted by Crippen LogP contribution is 2.29. The maximum absolute atomic E-state index is 11.0. The van der Waals surface area contributed by atoms with Crippen molar-refractivity contribution in [2.75, 3.05) is 11.1 Å². The van der Waals surface area contributed by atoms with Gasteiger partial charge in [0.15, 0.2) is 0 Å². The Morgan fingerprint density at radius 1 is 1.58 bits per heavy atom. The Morgan fingerprint density at radius 2 is 2.37 bits per heavy atom. The monoisotopic (exact) mass is 277 g/mol. The summed E-state index contributed by atoms with van der Waals surface area (Å²) in [6, 6.07) is 4.98. The number of hydrogen-bond donors (Lipinski definition) is 3. The van der Waals surface area contributed by atoms with Gasteiger partial charge in [-0.25, -0.2) is 9.78 Å². The van der Waals surface area contributed by atoms with Crippen molar-refractivity contribution in [3.63, 3.8) is 0 Å². The smallest absolute Gasteiger partial charge is 0.337 e. The number of nitrogens with two attached hydrogens (primary N) is 1. The van der Waals surface area contributed by atoms with Crippen LogP contribution < -0.4 is 11.1 Å². The largest absolute Gasteiger partial charge is 0.478 e. The molecule has 6 heteroatoms. The molecule has 0 aliphatic rings. The molecule has 0 radical (unpaired) electrons. The SMILES string of the molecule is CCC(Nc1cccc(C(=O)O)c1N)c1nccs1. The van der Waals surface area contributed by atoms with Gasteiger partial charge in [0.25, 0.3) is 0 Å². The molecule has 0 aliphatic carbocycles. The van der Waals surface area contributed by atoms with Crippen LogP contribution in [0.2, 0.25) is 0 Å². The lowest BCUT2D eigenvalue weighted by molar-refractivity contribution is 0.0698. The minimum atomic E-state index is -1.02. The van der Waals surface area contributed by atoms with E-state index in [-0.39, 0.29) is 17.3 Å². The molecule has 0 amide bonds. The Labute approximate surface area is 115 Å². The molecular formula is C13H15N3O2S. The number of hydrogen-bond acceptors (Lipinski definition) is 5. The molecule has 1 aromatic heterocycles. The Bertz CT molecular complexity index is 569. The summed E-state index contributed by atoms with van der Waals surface area (Å²) in [5.74, 6) is -1.02. The average Bonchev–Trinajstić information content (AvgIpc) is 2.91. The van der Waals surface area contributed by atoms with Crippen molar-refractivity contribution in [1.29, 1.82) is 0 Å². The molecule has 2 rings (SSSR count). The molecule has 5 nitrogen and oxygen atoms in total. The van der Waals surface area contributed by atoms with Crippen LogP contribution in [0.4, 0.5) is 11.4 Å². The fourth-order valence-electron chi connectivity index (χ4n) is 1.81. The van der Waals surface area contributed by atoms with Gasteiger partial charge in [-0.1, -0.05) is 13.0 Å². The first-order valence-corrected chi connectivity index (χ1v) is 6.79. The van der Waals surface area contributed by atoms with Crippen LogP contribution in [0.3, 0.4) is 0 Å². The van der Waals surface area contributed by atoms with Crippen LogP contribution in [0.25, 0.3) is 0 Å². The van der Waals surface area contributed by atoms with E-state index in [0.717, 1.165) is 11.4 Å². The Kier molecular flexibility index (Phi) is 4.01. The third kappa shape index (κ3) is 2.85. The van der Waals surface area contributed by atoms with Crippen molar-refractivity contribution in [3.8, 4) is 0 Å². The third-order valence-electron chi connectivity index (χ3n) is 2.82. The fourth-order valence-corrected chi connectivity index (χ4v) is 2.58. The average molecular weight is 277 g/mol. The summed E-state index contributed by atoms with van der Waals surface area (Å²) in [7, 11) is 0. The van der Waals surface area contributed by atoms with Crippen LogP contribution in [0, 0.1) is 0 Å². The zero-order valence-corrected chi connectivity index (χ0v) is 11.3. The van der Waals surface area contributed by atoms with Crippen LogP contribution in [0.15, 0.2) is 29.8 Å². The standard InChI is InChI=1S/C13H15N3O2S/c1-2-9(12-15-6-7-19-12)16-10-5-3-4-8(11(10)14)13(17)18/h3-7,9,16H,2,14H2,1H3,(H,17,18). The normalized spacial score (nSPS) is 12.1. The second-order valence-electron chi connectivity index (χ2n) is 4.05. The molecule has 0 saturated carbocycles. The van der Waals surface area contributed by atoms with Crippen LogP contribution in [-0.2, 0) is 0 Å². The molecule has 1 heterocycles. The molecule has 0 fully saturated rings. The van der Waals surface area contributed by atoms with Crippen molar-refractivity contribution in [1.82, 2.24) is 4.98 Å². The molecule has 0 aliphatic heterocycles. The lowest BCUT2D eigenvalue weighted by atomic mass is 10.1. The number of thiazole rings is 1. The second-order valence-corrected chi connectivity index (χ2v) is 4.97. The highest BCUT2D eigenvalue weighted by molar-refractivity contribution is 7.09. The number of benzene rings is 1. The first-order chi connectivity index (χ1) is 9.13. The van der Waals surface area contributed by atoms with Gasteiger partial charge in [-0.3, -0.25) is 0 Å². The lowest BCUT2D eigenvalue weighted by Crippen LogP contribution is -2.12. The zero-order chi connectivity index (χ0) is 13.8. The van der Waals surface area contributed by atoms with Crippen molar-refractivity contribution >= 4 is 28.7 Å². The van der Waals surface area contributed by atoms with Gasteiger partial charge < -0.3 is 16.2 Å². The summed E-state index contributed by atoms with van der Waals surface area (Å²) in [6.07, 6.45) is 2.59. The number of aromatic carboxylic acids is 1. The van der Waals surface area contributed by atoms with Crippen LogP contribution in [0.1, 0.15) is 34.8 Å². The summed E-state index contributed by atoms with van der Waals surface area (Å²) in [5, 5.41) is 15.2. The first kappa shape index (κ1) is 13.4. The van der Waals surface area contributed by atoms with Crippen molar-refractivity contribution in [3.05, 3.63) is 40.3 Å². The minimum absolute atomic E-state index is 0.0337. The van der Waals surface area contributed by atoms with Gasteiger partial charge in [0.1, 0.15) is 5.01 Å². The van der Waals surface area contributed by atoms with Gasteiger partial charge in [0, 0.05) is 11.6 Å². The van der Waals surface area contributed by atoms with Gasteiger partial charge in [0.05, 0.1) is 23.0 Å². The molecule has 1 aromatic carbocycles.